The summed E-state index contributed by atoms with van der Waals surface area (Å²) in [6.45, 7) is 0.616. The fourth-order valence-corrected chi connectivity index (χ4v) is 4.28. The highest BCUT2D eigenvalue weighted by Crippen LogP contribution is 2.33. The van der Waals surface area contributed by atoms with Crippen molar-refractivity contribution < 1.29 is 15.0 Å². The Morgan fingerprint density at radius 2 is 2.00 bits per heavy atom. The molecule has 20 heavy (non-hydrogen) atoms. The summed E-state index contributed by atoms with van der Waals surface area (Å²) in [7, 11) is 0. The highest BCUT2D eigenvalue weighted by atomic mass is 32.2. The maximum absolute atomic E-state index is 10.9. The largest absolute Gasteiger partial charge is 0.481 e. The third kappa shape index (κ3) is 4.37. The van der Waals surface area contributed by atoms with Crippen molar-refractivity contribution in [3.05, 3.63) is 0 Å². The van der Waals surface area contributed by atoms with Gasteiger partial charge in [0.1, 0.15) is 0 Å². The van der Waals surface area contributed by atoms with Crippen LogP contribution in [0.25, 0.3) is 0 Å². The van der Waals surface area contributed by atoms with Gasteiger partial charge in [0.2, 0.25) is 0 Å². The molecule has 2 atom stereocenters. The van der Waals surface area contributed by atoms with Gasteiger partial charge in [-0.15, -0.1) is 0 Å². The Morgan fingerprint density at radius 1 is 1.30 bits per heavy atom. The van der Waals surface area contributed by atoms with Gasteiger partial charge in [-0.25, -0.2) is 0 Å². The van der Waals surface area contributed by atoms with Crippen LogP contribution in [-0.4, -0.2) is 45.9 Å². The fourth-order valence-electron chi connectivity index (χ4n) is 3.46. The van der Waals surface area contributed by atoms with Gasteiger partial charge in [0.15, 0.2) is 0 Å². The van der Waals surface area contributed by atoms with Gasteiger partial charge in [-0.1, -0.05) is 6.42 Å². The maximum atomic E-state index is 10.9. The fraction of sp³-hybridized carbons (Fsp3) is 0.933. The molecule has 2 unspecified atom stereocenters. The van der Waals surface area contributed by atoms with Gasteiger partial charge < -0.3 is 15.5 Å². The molecule has 0 aliphatic heterocycles. The lowest BCUT2D eigenvalue weighted by Crippen LogP contribution is -2.48. The number of rotatable bonds is 5. The molecule has 3 N–H and O–H groups in total. The minimum atomic E-state index is -0.713. The van der Waals surface area contributed by atoms with Crippen molar-refractivity contribution in [3.8, 4) is 0 Å². The van der Waals surface area contributed by atoms with Crippen LogP contribution in [0.15, 0.2) is 0 Å². The van der Waals surface area contributed by atoms with Crippen LogP contribution < -0.4 is 5.32 Å². The molecule has 0 heterocycles. The lowest BCUT2D eigenvalue weighted by atomic mass is 9.78. The van der Waals surface area contributed by atoms with E-state index >= 15 is 0 Å². The Hall–Kier alpha value is -0.260. The molecule has 2 saturated carbocycles. The molecule has 116 valence electrons. The molecule has 2 aliphatic carbocycles. The zero-order valence-electron chi connectivity index (χ0n) is 12.3. The van der Waals surface area contributed by atoms with E-state index in [9.17, 15) is 9.90 Å². The number of aliphatic hydroxyl groups is 1. The van der Waals surface area contributed by atoms with Crippen molar-refractivity contribution in [2.45, 2.75) is 68.3 Å². The van der Waals surface area contributed by atoms with Gasteiger partial charge in [0.25, 0.3) is 0 Å². The summed E-state index contributed by atoms with van der Waals surface area (Å²) in [4.78, 5) is 10.9. The number of aliphatic carboxylic acids is 1. The average Bonchev–Trinajstić information content (AvgIpc) is 2.46. The number of hydrogen-bond acceptors (Lipinski definition) is 4. The van der Waals surface area contributed by atoms with Crippen molar-refractivity contribution in [3.63, 3.8) is 0 Å². The van der Waals surface area contributed by atoms with Gasteiger partial charge in [0.05, 0.1) is 11.5 Å². The quantitative estimate of drug-likeness (QED) is 0.726. The summed E-state index contributed by atoms with van der Waals surface area (Å²) in [6.07, 6.45) is 9.56. The molecule has 0 saturated heterocycles. The van der Waals surface area contributed by atoms with Crippen LogP contribution in [-0.2, 0) is 4.79 Å². The van der Waals surface area contributed by atoms with E-state index in [0.717, 1.165) is 5.25 Å². The number of nitrogens with one attached hydrogen (secondary N) is 1. The second-order valence-electron chi connectivity index (χ2n) is 6.44. The first-order valence-electron chi connectivity index (χ1n) is 7.74. The minimum absolute atomic E-state index is 0.258. The van der Waals surface area contributed by atoms with Crippen LogP contribution in [0.4, 0.5) is 0 Å². The highest BCUT2D eigenvalue weighted by Gasteiger charge is 2.36. The molecule has 2 fully saturated rings. The predicted molar refractivity (Wildman–Crippen MR) is 82.1 cm³/mol. The van der Waals surface area contributed by atoms with E-state index in [0.29, 0.717) is 38.3 Å². The molecular formula is C15H27NO3S. The Balaban J connectivity index is 1.74. The first kappa shape index (κ1) is 16.1. The van der Waals surface area contributed by atoms with Crippen molar-refractivity contribution >= 4 is 17.7 Å². The Morgan fingerprint density at radius 3 is 2.60 bits per heavy atom. The lowest BCUT2D eigenvalue weighted by Gasteiger charge is -2.37. The molecule has 0 bridgehead atoms. The van der Waals surface area contributed by atoms with E-state index in [2.05, 4.69) is 11.6 Å². The number of carboxylic acid groups (broad SMARTS) is 1. The number of hydrogen-bond donors (Lipinski definition) is 3. The van der Waals surface area contributed by atoms with Crippen LogP contribution in [0.3, 0.4) is 0 Å². The zero-order valence-corrected chi connectivity index (χ0v) is 13.1. The summed E-state index contributed by atoms with van der Waals surface area (Å²) >= 11 is 1.95. The molecule has 2 rings (SSSR count). The van der Waals surface area contributed by atoms with E-state index < -0.39 is 11.6 Å². The third-order valence-corrected chi connectivity index (χ3v) is 6.04. The molecule has 0 spiro atoms. The van der Waals surface area contributed by atoms with Gasteiger partial charge in [-0.2, -0.15) is 11.8 Å². The standard InChI is InChI=1S/C15H27NO3S/c1-20-13-4-2-3-12(9-13)16-10-15(19)7-5-11(6-8-15)14(17)18/h11-13,16,19H,2-10H2,1H3,(H,17,18). The summed E-state index contributed by atoms with van der Waals surface area (Å²) in [6, 6.07) is 0.516. The van der Waals surface area contributed by atoms with Crippen LogP contribution >= 0.6 is 11.8 Å². The smallest absolute Gasteiger partial charge is 0.306 e. The van der Waals surface area contributed by atoms with Gasteiger partial charge in [-0.05, 0) is 51.2 Å². The van der Waals surface area contributed by atoms with E-state index in [1.807, 2.05) is 11.8 Å². The minimum Gasteiger partial charge on any atom is -0.481 e. The molecule has 5 heteroatoms. The van der Waals surface area contributed by atoms with Crippen LogP contribution in [0.5, 0.6) is 0 Å². The van der Waals surface area contributed by atoms with E-state index in [1.165, 1.54) is 25.7 Å². The molecular weight excluding hydrogens is 274 g/mol. The van der Waals surface area contributed by atoms with E-state index in [-0.39, 0.29) is 5.92 Å². The molecule has 0 amide bonds. The van der Waals surface area contributed by atoms with Crippen LogP contribution in [0.2, 0.25) is 0 Å². The SMILES string of the molecule is CSC1CCCC(NCC2(O)CCC(C(=O)O)CC2)C1. The maximum Gasteiger partial charge on any atom is 0.306 e. The summed E-state index contributed by atoms with van der Waals surface area (Å²) < 4.78 is 0. The van der Waals surface area contributed by atoms with Gasteiger partial charge in [-0.3, -0.25) is 4.79 Å². The average molecular weight is 301 g/mol. The molecule has 0 aromatic heterocycles. The second kappa shape index (κ2) is 7.14. The topological polar surface area (TPSA) is 69.6 Å². The molecule has 0 radical (unpaired) electrons. The van der Waals surface area contributed by atoms with E-state index in [4.69, 9.17) is 5.11 Å². The van der Waals surface area contributed by atoms with Crippen molar-refractivity contribution in [1.29, 1.82) is 0 Å². The normalized spacial score (nSPS) is 38.6. The Labute approximate surface area is 125 Å². The summed E-state index contributed by atoms with van der Waals surface area (Å²) in [5.41, 5.74) is -0.696. The third-order valence-electron chi connectivity index (χ3n) is 4.94. The van der Waals surface area contributed by atoms with Crippen LogP contribution in [0.1, 0.15) is 51.4 Å². The monoisotopic (exact) mass is 301 g/mol. The van der Waals surface area contributed by atoms with Crippen LogP contribution in [0, 0.1) is 5.92 Å². The number of thioether (sulfide) groups is 1. The van der Waals surface area contributed by atoms with Crippen molar-refractivity contribution in [2.24, 2.45) is 5.92 Å². The predicted octanol–water partition coefficient (Wildman–Crippen LogP) is 2.26. The molecule has 0 aromatic carbocycles. The van der Waals surface area contributed by atoms with Gasteiger partial charge >= 0.3 is 5.97 Å². The number of carbonyl (C=O) groups is 1. The Kier molecular flexibility index (Phi) is 5.75. The highest BCUT2D eigenvalue weighted by molar-refractivity contribution is 7.99. The summed E-state index contributed by atoms with van der Waals surface area (Å²) in [5, 5.41) is 23.8. The molecule has 0 aromatic rings. The lowest BCUT2D eigenvalue weighted by molar-refractivity contribution is -0.144. The zero-order chi connectivity index (χ0) is 14.6. The van der Waals surface area contributed by atoms with Crippen molar-refractivity contribution in [1.82, 2.24) is 5.32 Å². The molecule has 4 nitrogen and oxygen atoms in total. The summed E-state index contributed by atoms with van der Waals surface area (Å²) in [5.74, 6) is -0.971. The molecule has 2 aliphatic rings. The Bertz CT molecular complexity index is 329. The van der Waals surface area contributed by atoms with Crippen molar-refractivity contribution in [2.75, 3.05) is 12.8 Å². The first-order chi connectivity index (χ1) is 9.52. The number of carboxylic acids is 1. The second-order valence-corrected chi connectivity index (χ2v) is 7.58. The first-order valence-corrected chi connectivity index (χ1v) is 9.02. The van der Waals surface area contributed by atoms with Gasteiger partial charge in [0, 0.05) is 17.8 Å². The van der Waals surface area contributed by atoms with E-state index in [1.54, 1.807) is 0 Å².